The van der Waals surface area contributed by atoms with Gasteiger partial charge in [0.25, 0.3) is 5.91 Å². The molecular formula is C23H26F2N6O4. The van der Waals surface area contributed by atoms with Gasteiger partial charge in [-0.25, -0.2) is 13.6 Å². The van der Waals surface area contributed by atoms with Crippen molar-refractivity contribution in [2.24, 2.45) is 5.73 Å². The largest absolute Gasteiger partial charge is 0.443 e. The van der Waals surface area contributed by atoms with Crippen LogP contribution in [0, 0.1) is 11.6 Å². The van der Waals surface area contributed by atoms with Crippen molar-refractivity contribution in [1.82, 2.24) is 15.2 Å². The van der Waals surface area contributed by atoms with Gasteiger partial charge in [0.2, 0.25) is 5.91 Å². The molecule has 1 aromatic heterocycles. The second kappa shape index (κ2) is 10.6. The molecule has 3 N–H and O–H groups in total. The third-order valence-corrected chi connectivity index (χ3v) is 5.95. The molecule has 2 saturated heterocycles. The normalized spacial score (nSPS) is 18.0. The first-order chi connectivity index (χ1) is 16.9. The zero-order valence-electron chi connectivity index (χ0n) is 19.0. The first kappa shape index (κ1) is 24.3. The Hall–Kier alpha value is -3.80. The van der Waals surface area contributed by atoms with Crippen LogP contribution in [0.25, 0.3) is 0 Å². The summed E-state index contributed by atoms with van der Waals surface area (Å²) in [7, 11) is 0. The van der Waals surface area contributed by atoms with Crippen LogP contribution in [0.1, 0.15) is 16.8 Å². The van der Waals surface area contributed by atoms with E-state index in [4.69, 9.17) is 10.5 Å². The van der Waals surface area contributed by atoms with Gasteiger partial charge < -0.3 is 25.6 Å². The number of rotatable bonds is 7. The lowest BCUT2D eigenvalue weighted by molar-refractivity contribution is -0.131. The van der Waals surface area contributed by atoms with E-state index in [0.29, 0.717) is 5.56 Å². The molecule has 3 heterocycles. The van der Waals surface area contributed by atoms with E-state index in [9.17, 15) is 23.2 Å². The van der Waals surface area contributed by atoms with Crippen LogP contribution in [0.4, 0.5) is 25.0 Å². The number of pyridine rings is 1. The fourth-order valence-electron chi connectivity index (χ4n) is 4.08. The molecule has 12 heteroatoms. The Labute approximate surface area is 200 Å². The van der Waals surface area contributed by atoms with Crippen molar-refractivity contribution in [3.8, 4) is 0 Å². The average molecular weight is 488 g/mol. The van der Waals surface area contributed by atoms with Crippen molar-refractivity contribution in [2.75, 3.05) is 55.6 Å². The van der Waals surface area contributed by atoms with Gasteiger partial charge in [0, 0.05) is 70.2 Å². The molecular weight excluding hydrogens is 462 g/mol. The maximum Gasteiger partial charge on any atom is 0.414 e. The van der Waals surface area contributed by atoms with E-state index >= 15 is 0 Å². The lowest BCUT2D eigenvalue weighted by Crippen LogP contribution is -2.49. The standard InChI is InChI=1S/C23H26F2N6O4/c24-18-10-16(31-14-17(12-26)35-23(31)34)11-19(25)21(18)30-8-6-29(7-9-30)20(32)3-5-28-22(33)15-2-1-4-27-13-15/h1-2,4,10-11,13,17H,3,5-9,12,14,26H2,(H,28,33). The third-order valence-electron chi connectivity index (χ3n) is 5.95. The topological polar surface area (TPSA) is 121 Å². The number of nitrogens with zero attached hydrogens (tertiary/aromatic N) is 4. The van der Waals surface area contributed by atoms with Gasteiger partial charge in [0.05, 0.1) is 17.8 Å². The van der Waals surface area contributed by atoms with Crippen molar-refractivity contribution in [2.45, 2.75) is 12.5 Å². The van der Waals surface area contributed by atoms with Crippen LogP contribution in [-0.2, 0) is 9.53 Å². The van der Waals surface area contributed by atoms with E-state index in [1.165, 1.54) is 11.1 Å². The van der Waals surface area contributed by atoms with Gasteiger partial charge in [0.15, 0.2) is 11.6 Å². The van der Waals surface area contributed by atoms with Gasteiger partial charge in [-0.15, -0.1) is 0 Å². The van der Waals surface area contributed by atoms with Gasteiger partial charge in [-0.3, -0.25) is 19.5 Å². The minimum Gasteiger partial charge on any atom is -0.443 e. The van der Waals surface area contributed by atoms with E-state index < -0.39 is 23.8 Å². The Balaban J connectivity index is 1.30. The molecule has 2 aliphatic heterocycles. The number of nitrogens with one attached hydrogen (secondary N) is 1. The van der Waals surface area contributed by atoms with Crippen LogP contribution < -0.4 is 20.9 Å². The number of carbonyl (C=O) groups is 3. The quantitative estimate of drug-likeness (QED) is 0.599. The number of hydrogen-bond donors (Lipinski definition) is 2. The highest BCUT2D eigenvalue weighted by molar-refractivity contribution is 5.94. The van der Waals surface area contributed by atoms with Crippen LogP contribution >= 0.6 is 0 Å². The minimum atomic E-state index is -0.804. The molecule has 0 radical (unpaired) electrons. The monoisotopic (exact) mass is 488 g/mol. The number of benzene rings is 1. The molecule has 0 bridgehead atoms. The molecule has 2 fully saturated rings. The Morgan fingerprint density at radius 2 is 1.89 bits per heavy atom. The second-order valence-corrected chi connectivity index (χ2v) is 8.23. The van der Waals surface area contributed by atoms with Gasteiger partial charge in [-0.1, -0.05) is 0 Å². The van der Waals surface area contributed by atoms with E-state index in [-0.39, 0.29) is 75.4 Å². The van der Waals surface area contributed by atoms with Crippen LogP contribution in [-0.4, -0.2) is 79.7 Å². The lowest BCUT2D eigenvalue weighted by Gasteiger charge is -2.36. The zero-order valence-corrected chi connectivity index (χ0v) is 19.0. The maximum absolute atomic E-state index is 14.9. The lowest BCUT2D eigenvalue weighted by atomic mass is 10.2. The van der Waals surface area contributed by atoms with Crippen molar-refractivity contribution in [3.05, 3.63) is 53.9 Å². The van der Waals surface area contributed by atoms with E-state index in [1.807, 2.05) is 0 Å². The summed E-state index contributed by atoms with van der Waals surface area (Å²) in [4.78, 5) is 44.7. The number of halogens is 2. The first-order valence-electron chi connectivity index (χ1n) is 11.3. The van der Waals surface area contributed by atoms with E-state index in [2.05, 4.69) is 10.3 Å². The number of cyclic esters (lactones) is 1. The number of carbonyl (C=O) groups excluding carboxylic acids is 3. The van der Waals surface area contributed by atoms with Crippen LogP contribution in [0.5, 0.6) is 0 Å². The van der Waals surface area contributed by atoms with Gasteiger partial charge in [0.1, 0.15) is 11.8 Å². The number of nitrogens with two attached hydrogens (primary N) is 1. The second-order valence-electron chi connectivity index (χ2n) is 8.23. The molecule has 0 saturated carbocycles. The summed E-state index contributed by atoms with van der Waals surface area (Å²) < 4.78 is 34.8. The smallest absolute Gasteiger partial charge is 0.414 e. The Bertz CT molecular complexity index is 1070. The van der Waals surface area contributed by atoms with Crippen LogP contribution in [0.15, 0.2) is 36.7 Å². The summed E-state index contributed by atoms with van der Waals surface area (Å²) in [5.41, 5.74) is 5.77. The molecule has 0 aliphatic carbocycles. The number of hydrogen-bond acceptors (Lipinski definition) is 7. The summed E-state index contributed by atoms with van der Waals surface area (Å²) in [6, 6.07) is 5.47. The summed E-state index contributed by atoms with van der Waals surface area (Å²) in [5.74, 6) is -2.08. The van der Waals surface area contributed by atoms with Crippen LogP contribution in [0.3, 0.4) is 0 Å². The Morgan fingerprint density at radius 3 is 2.49 bits per heavy atom. The summed E-state index contributed by atoms with van der Waals surface area (Å²) >= 11 is 0. The van der Waals surface area contributed by atoms with Crippen molar-refractivity contribution in [1.29, 1.82) is 0 Å². The molecule has 1 atom stereocenters. The number of ether oxygens (including phenoxy) is 1. The Morgan fingerprint density at radius 1 is 1.17 bits per heavy atom. The first-order valence-corrected chi connectivity index (χ1v) is 11.3. The number of anilines is 2. The molecule has 2 aliphatic rings. The van der Waals surface area contributed by atoms with Gasteiger partial charge in [-0.2, -0.15) is 0 Å². The molecule has 10 nitrogen and oxygen atoms in total. The fourth-order valence-corrected chi connectivity index (χ4v) is 4.08. The fraction of sp³-hybridized carbons (Fsp3) is 0.391. The molecule has 4 rings (SSSR count). The molecule has 35 heavy (non-hydrogen) atoms. The molecule has 1 unspecified atom stereocenters. The van der Waals surface area contributed by atoms with Crippen molar-refractivity contribution < 1.29 is 27.9 Å². The molecule has 2 aromatic rings. The highest BCUT2D eigenvalue weighted by Crippen LogP contribution is 2.31. The predicted molar refractivity (Wildman–Crippen MR) is 123 cm³/mol. The van der Waals surface area contributed by atoms with E-state index in [0.717, 1.165) is 17.0 Å². The molecule has 3 amide bonds. The zero-order chi connectivity index (χ0) is 24.9. The number of amides is 3. The number of piperazine rings is 1. The van der Waals surface area contributed by atoms with Crippen LogP contribution in [0.2, 0.25) is 0 Å². The third kappa shape index (κ3) is 5.48. The molecule has 1 aromatic carbocycles. The highest BCUT2D eigenvalue weighted by Gasteiger charge is 2.33. The SMILES string of the molecule is NCC1CN(c2cc(F)c(N3CCN(C(=O)CCNC(=O)c4cccnc4)CC3)c(F)c2)C(=O)O1. The van der Waals surface area contributed by atoms with Crippen molar-refractivity contribution >= 4 is 29.3 Å². The Kier molecular flexibility index (Phi) is 7.39. The summed E-state index contributed by atoms with van der Waals surface area (Å²) in [6.45, 7) is 1.45. The average Bonchev–Trinajstić information content (AvgIpc) is 3.25. The number of aromatic nitrogens is 1. The summed E-state index contributed by atoms with van der Waals surface area (Å²) in [5, 5.41) is 2.68. The highest BCUT2D eigenvalue weighted by atomic mass is 19.1. The summed E-state index contributed by atoms with van der Waals surface area (Å²) in [6.07, 6.45) is 1.89. The minimum absolute atomic E-state index is 0.0619. The molecule has 186 valence electrons. The molecule has 0 spiro atoms. The van der Waals surface area contributed by atoms with Gasteiger partial charge >= 0.3 is 6.09 Å². The predicted octanol–water partition coefficient (Wildman–Crippen LogP) is 1.11. The van der Waals surface area contributed by atoms with Gasteiger partial charge in [-0.05, 0) is 12.1 Å². The van der Waals surface area contributed by atoms with E-state index in [1.54, 1.807) is 23.2 Å². The van der Waals surface area contributed by atoms with Crippen molar-refractivity contribution in [3.63, 3.8) is 0 Å². The maximum atomic E-state index is 14.9.